The van der Waals surface area contributed by atoms with E-state index >= 15 is 0 Å². The van der Waals surface area contributed by atoms with Gasteiger partial charge in [-0.2, -0.15) is 10.2 Å². The van der Waals surface area contributed by atoms with E-state index in [1.54, 1.807) is 45.7 Å². The Morgan fingerprint density at radius 1 is 1.00 bits per heavy atom. The molecule has 0 saturated heterocycles. The normalized spacial score (nSPS) is 10.7. The summed E-state index contributed by atoms with van der Waals surface area (Å²) in [7, 11) is 4.74. The highest BCUT2D eigenvalue weighted by Crippen LogP contribution is 2.32. The summed E-state index contributed by atoms with van der Waals surface area (Å²) in [6, 6.07) is 14.3. The van der Waals surface area contributed by atoms with Crippen LogP contribution in [0.4, 0.5) is 0 Å². The van der Waals surface area contributed by atoms with Gasteiger partial charge in [0.05, 0.1) is 33.2 Å². The van der Waals surface area contributed by atoms with Crippen LogP contribution in [0, 0.1) is 0 Å². The van der Waals surface area contributed by atoms with E-state index in [9.17, 15) is 4.79 Å². The molecule has 0 unspecified atom stereocenters. The fourth-order valence-corrected chi connectivity index (χ4v) is 2.50. The van der Waals surface area contributed by atoms with E-state index in [1.807, 2.05) is 30.3 Å². The van der Waals surface area contributed by atoms with Crippen molar-refractivity contribution in [3.63, 3.8) is 0 Å². The topological polar surface area (TPSA) is 97.8 Å². The lowest BCUT2D eigenvalue weighted by Crippen LogP contribution is -2.17. The van der Waals surface area contributed by atoms with Gasteiger partial charge in [0.25, 0.3) is 5.91 Å². The Bertz CT molecular complexity index is 980. The van der Waals surface area contributed by atoms with Crippen LogP contribution in [-0.2, 0) is 0 Å². The SMILES string of the molecule is COc1ccc(/C=N/NC(=O)c2cc(-c3ccc(OC)cc3OC)n[nH]2)cc1. The van der Waals surface area contributed by atoms with Crippen LogP contribution in [0.1, 0.15) is 16.1 Å². The predicted octanol–water partition coefficient (Wildman–Crippen LogP) is 2.87. The number of H-pyrrole nitrogens is 1. The number of methoxy groups -OCH3 is 3. The summed E-state index contributed by atoms with van der Waals surface area (Å²) < 4.78 is 15.7. The molecule has 0 aliphatic heterocycles. The van der Waals surface area contributed by atoms with Crippen molar-refractivity contribution in [2.45, 2.75) is 0 Å². The van der Waals surface area contributed by atoms with Crippen molar-refractivity contribution in [1.29, 1.82) is 0 Å². The fourth-order valence-electron chi connectivity index (χ4n) is 2.50. The second-order valence-corrected chi connectivity index (χ2v) is 5.71. The lowest BCUT2D eigenvalue weighted by Gasteiger charge is -2.08. The number of ether oxygens (including phenoxy) is 3. The average molecular weight is 380 g/mol. The number of carbonyl (C=O) groups excluding carboxylic acids is 1. The molecule has 0 atom stereocenters. The summed E-state index contributed by atoms with van der Waals surface area (Å²) in [5.41, 5.74) is 4.88. The molecule has 3 rings (SSSR count). The highest BCUT2D eigenvalue weighted by molar-refractivity contribution is 5.94. The number of hydrogen-bond acceptors (Lipinski definition) is 6. The predicted molar refractivity (Wildman–Crippen MR) is 105 cm³/mol. The van der Waals surface area contributed by atoms with Crippen molar-refractivity contribution in [3.8, 4) is 28.5 Å². The van der Waals surface area contributed by atoms with Gasteiger partial charge in [-0.05, 0) is 48.0 Å². The number of benzene rings is 2. The molecular formula is C20H20N4O4. The maximum absolute atomic E-state index is 12.3. The fraction of sp³-hybridized carbons (Fsp3) is 0.150. The molecular weight excluding hydrogens is 360 g/mol. The minimum Gasteiger partial charge on any atom is -0.497 e. The zero-order valence-electron chi connectivity index (χ0n) is 15.7. The molecule has 2 N–H and O–H groups in total. The van der Waals surface area contributed by atoms with Gasteiger partial charge >= 0.3 is 0 Å². The Morgan fingerprint density at radius 2 is 1.71 bits per heavy atom. The molecule has 0 fully saturated rings. The average Bonchev–Trinajstić information content (AvgIpc) is 3.23. The molecule has 0 radical (unpaired) electrons. The van der Waals surface area contributed by atoms with Crippen LogP contribution in [0.3, 0.4) is 0 Å². The molecule has 144 valence electrons. The Kier molecular flexibility index (Phi) is 5.91. The van der Waals surface area contributed by atoms with Crippen molar-refractivity contribution in [2.24, 2.45) is 5.10 Å². The number of hydrogen-bond donors (Lipinski definition) is 2. The van der Waals surface area contributed by atoms with Gasteiger partial charge in [0.2, 0.25) is 0 Å². The van der Waals surface area contributed by atoms with Crippen LogP contribution >= 0.6 is 0 Å². The summed E-state index contributed by atoms with van der Waals surface area (Å²) in [5.74, 6) is 1.61. The van der Waals surface area contributed by atoms with Crippen LogP contribution < -0.4 is 19.6 Å². The molecule has 1 amide bonds. The molecule has 28 heavy (non-hydrogen) atoms. The molecule has 1 heterocycles. The van der Waals surface area contributed by atoms with Crippen LogP contribution in [0.2, 0.25) is 0 Å². The first-order valence-electron chi connectivity index (χ1n) is 8.40. The van der Waals surface area contributed by atoms with Crippen LogP contribution in [0.25, 0.3) is 11.3 Å². The molecule has 3 aromatic rings. The number of nitrogens with zero attached hydrogens (tertiary/aromatic N) is 2. The van der Waals surface area contributed by atoms with Gasteiger partial charge in [-0.1, -0.05) is 0 Å². The van der Waals surface area contributed by atoms with Gasteiger partial charge < -0.3 is 14.2 Å². The number of rotatable bonds is 7. The number of hydrazone groups is 1. The molecule has 0 bridgehead atoms. The monoisotopic (exact) mass is 380 g/mol. The van der Waals surface area contributed by atoms with E-state index in [0.29, 0.717) is 17.2 Å². The van der Waals surface area contributed by atoms with Gasteiger partial charge in [-0.3, -0.25) is 9.89 Å². The Morgan fingerprint density at radius 3 is 2.39 bits per heavy atom. The van der Waals surface area contributed by atoms with Crippen LogP contribution in [-0.4, -0.2) is 43.6 Å². The van der Waals surface area contributed by atoms with E-state index < -0.39 is 5.91 Å². The van der Waals surface area contributed by atoms with Crippen molar-refractivity contribution in [3.05, 3.63) is 59.8 Å². The Hall–Kier alpha value is -3.81. The second kappa shape index (κ2) is 8.72. The standard InChI is InChI=1S/C20H20N4O4/c1-26-14-6-4-13(5-7-14)12-21-24-20(25)18-11-17(22-23-18)16-9-8-15(27-2)10-19(16)28-3/h4-12H,1-3H3,(H,22,23)(H,24,25)/b21-12+. The number of amides is 1. The van der Waals surface area contributed by atoms with Crippen molar-refractivity contribution < 1.29 is 19.0 Å². The van der Waals surface area contributed by atoms with Crippen molar-refractivity contribution in [1.82, 2.24) is 15.6 Å². The number of carbonyl (C=O) groups is 1. The first-order chi connectivity index (χ1) is 13.6. The zero-order chi connectivity index (χ0) is 19.9. The lowest BCUT2D eigenvalue weighted by molar-refractivity contribution is 0.0950. The molecule has 0 aliphatic rings. The Balaban J connectivity index is 1.69. The van der Waals surface area contributed by atoms with Crippen molar-refractivity contribution in [2.75, 3.05) is 21.3 Å². The third kappa shape index (κ3) is 4.29. The molecule has 0 aliphatic carbocycles. The van der Waals surface area contributed by atoms with E-state index in [1.165, 1.54) is 0 Å². The van der Waals surface area contributed by atoms with Crippen LogP contribution in [0.5, 0.6) is 17.2 Å². The lowest BCUT2D eigenvalue weighted by atomic mass is 10.1. The maximum Gasteiger partial charge on any atom is 0.289 e. The molecule has 8 nitrogen and oxygen atoms in total. The number of aromatic nitrogens is 2. The molecule has 0 spiro atoms. The summed E-state index contributed by atoms with van der Waals surface area (Å²) >= 11 is 0. The summed E-state index contributed by atoms with van der Waals surface area (Å²) in [4.78, 5) is 12.3. The summed E-state index contributed by atoms with van der Waals surface area (Å²) in [6.07, 6.45) is 1.54. The third-order valence-electron chi connectivity index (χ3n) is 4.00. The number of aromatic amines is 1. The smallest absolute Gasteiger partial charge is 0.289 e. The largest absolute Gasteiger partial charge is 0.497 e. The maximum atomic E-state index is 12.3. The van der Waals surface area contributed by atoms with Gasteiger partial charge in [-0.25, -0.2) is 5.43 Å². The highest BCUT2D eigenvalue weighted by atomic mass is 16.5. The van der Waals surface area contributed by atoms with Crippen LogP contribution in [0.15, 0.2) is 53.6 Å². The van der Waals surface area contributed by atoms with E-state index in [4.69, 9.17) is 14.2 Å². The quantitative estimate of drug-likeness (QED) is 0.485. The summed E-state index contributed by atoms with van der Waals surface area (Å²) in [5, 5.41) is 10.9. The molecule has 1 aromatic heterocycles. The van der Waals surface area contributed by atoms with E-state index in [-0.39, 0.29) is 5.69 Å². The van der Waals surface area contributed by atoms with E-state index in [0.717, 1.165) is 16.9 Å². The minimum atomic E-state index is -0.406. The highest BCUT2D eigenvalue weighted by Gasteiger charge is 2.14. The van der Waals surface area contributed by atoms with Crippen molar-refractivity contribution >= 4 is 12.1 Å². The molecule has 0 saturated carbocycles. The molecule has 8 heteroatoms. The van der Waals surface area contributed by atoms with Gasteiger partial charge in [-0.15, -0.1) is 0 Å². The molecule has 2 aromatic carbocycles. The second-order valence-electron chi connectivity index (χ2n) is 5.71. The first kappa shape index (κ1) is 19.0. The van der Waals surface area contributed by atoms with E-state index in [2.05, 4.69) is 20.7 Å². The van der Waals surface area contributed by atoms with Gasteiger partial charge in [0.1, 0.15) is 22.9 Å². The number of nitrogens with one attached hydrogen (secondary N) is 2. The van der Waals surface area contributed by atoms with Gasteiger partial charge in [0, 0.05) is 11.6 Å². The third-order valence-corrected chi connectivity index (χ3v) is 4.00. The van der Waals surface area contributed by atoms with Gasteiger partial charge in [0.15, 0.2) is 0 Å². The summed E-state index contributed by atoms with van der Waals surface area (Å²) in [6.45, 7) is 0. The zero-order valence-corrected chi connectivity index (χ0v) is 15.7. The Labute approximate surface area is 162 Å². The minimum absolute atomic E-state index is 0.278. The first-order valence-corrected chi connectivity index (χ1v) is 8.40.